The standard InChI is InChI=1S/C19H22N4S/c1-13-5-8-17(24-12-13)23-18(15(9-20)10-21)14-6-7-16(22-11-14)19(2,3)4/h6-7,11,13H,5,8,12H2,1-4H3. The lowest BCUT2D eigenvalue weighted by Gasteiger charge is -2.19. The minimum absolute atomic E-state index is 0.0343. The first kappa shape index (κ1) is 18.2. The minimum Gasteiger partial charge on any atom is -0.260 e. The molecule has 0 amide bonds. The van der Waals surface area contributed by atoms with Crippen molar-refractivity contribution in [2.75, 3.05) is 5.75 Å². The predicted molar refractivity (Wildman–Crippen MR) is 99.4 cm³/mol. The van der Waals surface area contributed by atoms with Gasteiger partial charge in [0, 0.05) is 28.6 Å². The summed E-state index contributed by atoms with van der Waals surface area (Å²) >= 11 is 1.72. The van der Waals surface area contributed by atoms with E-state index in [-0.39, 0.29) is 11.0 Å². The lowest BCUT2D eigenvalue weighted by atomic mass is 9.91. The molecule has 2 heterocycles. The molecule has 1 aromatic rings. The third-order valence-electron chi connectivity index (χ3n) is 3.89. The van der Waals surface area contributed by atoms with Gasteiger partial charge in [0.2, 0.25) is 0 Å². The van der Waals surface area contributed by atoms with Crippen molar-refractivity contribution in [3.05, 3.63) is 35.2 Å². The molecule has 5 heteroatoms. The fraction of sp³-hybridized carbons (Fsp3) is 0.474. The molecule has 0 aromatic carbocycles. The first-order valence-corrected chi connectivity index (χ1v) is 9.05. The highest BCUT2D eigenvalue weighted by molar-refractivity contribution is 8.14. The van der Waals surface area contributed by atoms with Crippen LogP contribution in [0.15, 0.2) is 28.9 Å². The molecule has 1 aliphatic rings. The SMILES string of the molecule is CC1CCC(=NC(=C(C#N)C#N)c2ccc(C(C)(C)C)nc2)SC1. The average Bonchev–Trinajstić information content (AvgIpc) is 2.56. The normalized spacial score (nSPS) is 19.4. The van der Waals surface area contributed by atoms with Crippen LogP contribution in [0.3, 0.4) is 0 Å². The second kappa shape index (κ2) is 7.64. The molecule has 1 unspecified atom stereocenters. The van der Waals surface area contributed by atoms with E-state index in [1.54, 1.807) is 18.0 Å². The van der Waals surface area contributed by atoms with Crippen LogP contribution in [-0.2, 0) is 5.41 Å². The molecule has 0 spiro atoms. The molecule has 4 nitrogen and oxygen atoms in total. The molecule has 0 aliphatic carbocycles. The summed E-state index contributed by atoms with van der Waals surface area (Å²) in [5, 5.41) is 19.6. The molecule has 24 heavy (non-hydrogen) atoms. The van der Waals surface area contributed by atoms with E-state index in [1.165, 1.54) is 0 Å². The molecule has 1 saturated heterocycles. The Labute approximate surface area is 148 Å². The maximum Gasteiger partial charge on any atom is 0.155 e. The van der Waals surface area contributed by atoms with Gasteiger partial charge in [0.25, 0.3) is 0 Å². The molecule has 1 aromatic heterocycles. The Morgan fingerprint density at radius 1 is 1.29 bits per heavy atom. The Hall–Kier alpha value is -2.11. The highest BCUT2D eigenvalue weighted by Crippen LogP contribution is 2.29. The van der Waals surface area contributed by atoms with Crippen molar-refractivity contribution in [3.63, 3.8) is 0 Å². The van der Waals surface area contributed by atoms with E-state index >= 15 is 0 Å². The third kappa shape index (κ3) is 4.46. The van der Waals surface area contributed by atoms with E-state index in [0.717, 1.165) is 29.3 Å². The monoisotopic (exact) mass is 338 g/mol. The van der Waals surface area contributed by atoms with E-state index in [2.05, 4.69) is 37.7 Å². The minimum atomic E-state index is -0.0447. The molecule has 0 radical (unpaired) electrons. The summed E-state index contributed by atoms with van der Waals surface area (Å²) in [7, 11) is 0. The van der Waals surface area contributed by atoms with Crippen LogP contribution in [0.2, 0.25) is 0 Å². The molecule has 0 N–H and O–H groups in total. The number of hydrogen-bond donors (Lipinski definition) is 0. The van der Waals surface area contributed by atoms with Gasteiger partial charge in [-0.15, -0.1) is 11.8 Å². The zero-order valence-electron chi connectivity index (χ0n) is 14.6. The van der Waals surface area contributed by atoms with Gasteiger partial charge >= 0.3 is 0 Å². The van der Waals surface area contributed by atoms with Gasteiger partial charge in [0.15, 0.2) is 5.57 Å². The van der Waals surface area contributed by atoms with E-state index in [4.69, 9.17) is 0 Å². The van der Waals surface area contributed by atoms with Gasteiger partial charge in [0.05, 0.1) is 5.04 Å². The summed E-state index contributed by atoms with van der Waals surface area (Å²) in [4.78, 5) is 9.15. The van der Waals surface area contributed by atoms with Crippen LogP contribution < -0.4 is 0 Å². The third-order valence-corrected chi connectivity index (χ3v) is 5.25. The van der Waals surface area contributed by atoms with E-state index in [1.807, 2.05) is 24.3 Å². The van der Waals surface area contributed by atoms with Crippen LogP contribution in [0.1, 0.15) is 51.8 Å². The first-order valence-electron chi connectivity index (χ1n) is 8.07. The number of aliphatic imine (C=N–C) groups is 1. The Morgan fingerprint density at radius 2 is 2.00 bits per heavy atom. The number of nitrogens with zero attached hydrogens (tertiary/aromatic N) is 4. The number of pyridine rings is 1. The van der Waals surface area contributed by atoms with Crippen LogP contribution in [0, 0.1) is 28.6 Å². The fourth-order valence-electron chi connectivity index (χ4n) is 2.35. The topological polar surface area (TPSA) is 72.8 Å². The lowest BCUT2D eigenvalue weighted by Crippen LogP contribution is -2.13. The van der Waals surface area contributed by atoms with Gasteiger partial charge in [-0.1, -0.05) is 27.7 Å². The maximum atomic E-state index is 9.29. The van der Waals surface area contributed by atoms with E-state index < -0.39 is 0 Å². The lowest BCUT2D eigenvalue weighted by molar-refractivity contribution is 0.569. The van der Waals surface area contributed by atoms with Crippen molar-refractivity contribution in [2.45, 2.75) is 46.0 Å². The van der Waals surface area contributed by atoms with Crippen LogP contribution in [0.4, 0.5) is 0 Å². The molecule has 1 aliphatic heterocycles. The number of rotatable bonds is 2. The number of nitriles is 2. The molecule has 2 rings (SSSR count). The quantitative estimate of drug-likeness (QED) is 0.733. The van der Waals surface area contributed by atoms with Gasteiger partial charge < -0.3 is 0 Å². The van der Waals surface area contributed by atoms with Gasteiger partial charge in [-0.3, -0.25) is 4.98 Å². The van der Waals surface area contributed by atoms with E-state index in [0.29, 0.717) is 17.2 Å². The highest BCUT2D eigenvalue weighted by atomic mass is 32.2. The van der Waals surface area contributed by atoms with E-state index in [9.17, 15) is 10.5 Å². The van der Waals surface area contributed by atoms with Crippen molar-refractivity contribution in [2.24, 2.45) is 10.9 Å². The Bertz CT molecular complexity index is 714. The largest absolute Gasteiger partial charge is 0.260 e. The van der Waals surface area contributed by atoms with Crippen molar-refractivity contribution in [3.8, 4) is 12.1 Å². The maximum absolute atomic E-state index is 9.29. The van der Waals surface area contributed by atoms with Gasteiger partial charge in [0.1, 0.15) is 17.8 Å². The summed E-state index contributed by atoms with van der Waals surface area (Å²) in [5.41, 5.74) is 2.11. The molecule has 0 bridgehead atoms. The summed E-state index contributed by atoms with van der Waals surface area (Å²) < 4.78 is 0. The van der Waals surface area contributed by atoms with Crippen LogP contribution in [0.5, 0.6) is 0 Å². The Balaban J connectivity index is 2.42. The van der Waals surface area contributed by atoms with Gasteiger partial charge in [-0.25, -0.2) is 4.99 Å². The molecular formula is C19H22N4S. The summed E-state index contributed by atoms with van der Waals surface area (Å²) in [5.74, 6) is 1.71. The first-order chi connectivity index (χ1) is 11.3. The van der Waals surface area contributed by atoms with Gasteiger partial charge in [-0.05, 0) is 30.9 Å². The van der Waals surface area contributed by atoms with Crippen molar-refractivity contribution in [1.29, 1.82) is 10.5 Å². The summed E-state index contributed by atoms with van der Waals surface area (Å²) in [6.45, 7) is 8.52. The summed E-state index contributed by atoms with van der Waals surface area (Å²) in [6, 6.07) is 7.78. The number of allylic oxidation sites excluding steroid dienone is 1. The van der Waals surface area contributed by atoms with Crippen LogP contribution in [0.25, 0.3) is 5.70 Å². The smallest absolute Gasteiger partial charge is 0.155 e. The number of thioether (sulfide) groups is 1. The second-order valence-electron chi connectivity index (χ2n) is 7.09. The zero-order chi connectivity index (χ0) is 17.7. The molecule has 0 saturated carbocycles. The van der Waals surface area contributed by atoms with Crippen molar-refractivity contribution < 1.29 is 0 Å². The number of hydrogen-bond acceptors (Lipinski definition) is 5. The second-order valence-corrected chi connectivity index (χ2v) is 8.18. The zero-order valence-corrected chi connectivity index (χ0v) is 15.4. The Kier molecular flexibility index (Phi) is 5.80. The predicted octanol–water partition coefficient (Wildman–Crippen LogP) is 4.70. The van der Waals surface area contributed by atoms with Crippen LogP contribution in [-0.4, -0.2) is 15.8 Å². The number of aromatic nitrogens is 1. The molecule has 1 fully saturated rings. The van der Waals surface area contributed by atoms with Gasteiger partial charge in [-0.2, -0.15) is 10.5 Å². The molecule has 1 atom stereocenters. The molecule has 124 valence electrons. The Morgan fingerprint density at radius 3 is 2.46 bits per heavy atom. The average molecular weight is 338 g/mol. The van der Waals surface area contributed by atoms with Crippen molar-refractivity contribution in [1.82, 2.24) is 4.98 Å². The fourth-order valence-corrected chi connectivity index (χ4v) is 3.41. The van der Waals surface area contributed by atoms with Crippen LogP contribution >= 0.6 is 11.8 Å². The highest BCUT2D eigenvalue weighted by Gasteiger charge is 2.18. The van der Waals surface area contributed by atoms with Crippen molar-refractivity contribution >= 4 is 22.5 Å². The molecular weight excluding hydrogens is 316 g/mol. The summed E-state index contributed by atoms with van der Waals surface area (Å²) in [6.07, 6.45) is 3.70.